The van der Waals surface area contributed by atoms with Crippen molar-refractivity contribution in [3.05, 3.63) is 71.8 Å². The summed E-state index contributed by atoms with van der Waals surface area (Å²) in [6.07, 6.45) is -1.28. The molecule has 0 bridgehead atoms. The van der Waals surface area contributed by atoms with Gasteiger partial charge in [-0.05, 0) is 17.0 Å². The van der Waals surface area contributed by atoms with E-state index in [0.29, 0.717) is 13.1 Å². The Morgan fingerprint density at radius 3 is 1.33 bits per heavy atom. The predicted octanol–water partition coefficient (Wildman–Crippen LogP) is 0.354. The van der Waals surface area contributed by atoms with Crippen LogP contribution in [0.2, 0.25) is 0 Å². The van der Waals surface area contributed by atoms with Gasteiger partial charge in [0.15, 0.2) is 36.3 Å². The van der Waals surface area contributed by atoms with E-state index < -0.39 is 36.5 Å². The lowest BCUT2D eigenvalue weighted by molar-refractivity contribution is -0.127. The summed E-state index contributed by atoms with van der Waals surface area (Å²) in [4.78, 5) is 79.0. The van der Waals surface area contributed by atoms with E-state index >= 15 is 0 Å². The number of nitrogens with zero attached hydrogens (tertiary/aromatic N) is 10. The molecule has 2 N–H and O–H groups in total. The quantitative estimate of drug-likeness (QED) is 0.390. The molecule has 2 aromatic rings. The molecule has 0 aliphatic carbocycles. The fraction of sp³-hybridized carbons (Fsp3) is 0.526. The molecule has 4 atom stereocenters. The van der Waals surface area contributed by atoms with Gasteiger partial charge in [-0.15, -0.1) is 0 Å². The first-order chi connectivity index (χ1) is 26.1. The van der Waals surface area contributed by atoms with Crippen molar-refractivity contribution in [1.29, 1.82) is 0 Å². The second kappa shape index (κ2) is 14.9. The van der Waals surface area contributed by atoms with Crippen molar-refractivity contribution >= 4 is 35.8 Å². The van der Waals surface area contributed by atoms with Gasteiger partial charge in [-0.25, -0.2) is 19.6 Å². The standard InChI is InChI=1S/C38H50N12O4/c1-26(22-49-29-31(43(2)37(53)41-33(29)51)39-35(49)47-18-14-45(15-19-47)24-27-10-6-4-7-11-27)23-50-30-32(44(3)38(54)42-34(30)52)40-36(50)48-20-16-46(17-21-48)25-28-12-8-5-9-13-28/h4-13,26,29-32H,14-25H2,1-3H3,(H,41,51,53)(H,42,52,54). The number of amides is 6. The number of benzene rings is 2. The monoisotopic (exact) mass is 738 g/mol. The Bertz CT molecular complexity index is 1660. The molecule has 0 radical (unpaired) electrons. The first kappa shape index (κ1) is 35.8. The summed E-state index contributed by atoms with van der Waals surface area (Å²) in [5.74, 6) is 0.650. The Hall–Kier alpha value is -5.22. The Kier molecular flexibility index (Phi) is 9.87. The lowest BCUT2D eigenvalue weighted by atomic mass is 10.0. The number of hydrogen-bond acceptors (Lipinski definition) is 12. The van der Waals surface area contributed by atoms with Crippen molar-refractivity contribution < 1.29 is 19.2 Å². The number of aliphatic imine (C=N–C) groups is 2. The maximum absolute atomic E-state index is 13.5. The number of imide groups is 2. The van der Waals surface area contributed by atoms with E-state index in [1.165, 1.54) is 20.9 Å². The lowest BCUT2D eigenvalue weighted by Gasteiger charge is -2.43. The molecule has 16 heteroatoms. The van der Waals surface area contributed by atoms with Gasteiger partial charge in [0.25, 0.3) is 11.8 Å². The molecule has 4 unspecified atom stereocenters. The van der Waals surface area contributed by atoms with Gasteiger partial charge in [0.2, 0.25) is 0 Å². The van der Waals surface area contributed by atoms with Crippen molar-refractivity contribution in [2.24, 2.45) is 15.9 Å². The highest BCUT2D eigenvalue weighted by Crippen LogP contribution is 2.30. The minimum atomic E-state index is -0.675. The summed E-state index contributed by atoms with van der Waals surface area (Å²) in [5, 5.41) is 5.06. The number of rotatable bonds is 8. The molecule has 2 aromatic carbocycles. The van der Waals surface area contributed by atoms with Gasteiger partial charge in [0.05, 0.1) is 0 Å². The highest BCUT2D eigenvalue weighted by atomic mass is 16.2. The van der Waals surface area contributed by atoms with Gasteiger partial charge in [0, 0.05) is 92.6 Å². The van der Waals surface area contributed by atoms with Crippen molar-refractivity contribution in [2.45, 2.75) is 44.4 Å². The van der Waals surface area contributed by atoms with Crippen LogP contribution < -0.4 is 10.6 Å². The van der Waals surface area contributed by atoms with E-state index in [1.54, 1.807) is 14.1 Å². The first-order valence-electron chi connectivity index (χ1n) is 19.0. The summed E-state index contributed by atoms with van der Waals surface area (Å²) in [6.45, 7) is 11.1. The zero-order chi connectivity index (χ0) is 37.5. The van der Waals surface area contributed by atoms with Crippen LogP contribution in [0.1, 0.15) is 18.1 Å². The first-order valence-corrected chi connectivity index (χ1v) is 19.0. The molecular formula is C38H50N12O4. The number of nitrogens with one attached hydrogen (secondary N) is 2. The molecule has 6 amide bonds. The van der Waals surface area contributed by atoms with Crippen LogP contribution in [0.5, 0.6) is 0 Å². The maximum atomic E-state index is 13.5. The van der Waals surface area contributed by atoms with Crippen LogP contribution in [0.3, 0.4) is 0 Å². The molecule has 0 aromatic heterocycles. The Morgan fingerprint density at radius 2 is 0.963 bits per heavy atom. The van der Waals surface area contributed by atoms with Gasteiger partial charge in [-0.2, -0.15) is 0 Å². The van der Waals surface area contributed by atoms with Crippen LogP contribution in [0.4, 0.5) is 9.59 Å². The zero-order valence-electron chi connectivity index (χ0n) is 31.3. The lowest BCUT2D eigenvalue weighted by Crippen LogP contribution is -2.66. The van der Waals surface area contributed by atoms with Gasteiger partial charge >= 0.3 is 12.1 Å². The predicted molar refractivity (Wildman–Crippen MR) is 202 cm³/mol. The summed E-state index contributed by atoms with van der Waals surface area (Å²) < 4.78 is 0. The molecule has 6 aliphatic rings. The Labute approximate surface area is 316 Å². The molecule has 6 aliphatic heterocycles. The second-order valence-corrected chi connectivity index (χ2v) is 15.3. The Balaban J connectivity index is 0.990. The molecule has 286 valence electrons. The van der Waals surface area contributed by atoms with E-state index in [1.807, 2.05) is 12.1 Å². The number of carbonyl (C=O) groups is 4. The molecular weight excluding hydrogens is 688 g/mol. The Morgan fingerprint density at radius 1 is 0.593 bits per heavy atom. The molecule has 16 nitrogen and oxygen atoms in total. The number of piperazine rings is 2. The van der Waals surface area contributed by atoms with Gasteiger partial charge in [-0.3, -0.25) is 30.0 Å². The van der Waals surface area contributed by atoms with E-state index in [4.69, 9.17) is 9.98 Å². The van der Waals surface area contributed by atoms with Crippen LogP contribution >= 0.6 is 0 Å². The smallest absolute Gasteiger partial charge is 0.325 e. The van der Waals surface area contributed by atoms with Gasteiger partial charge in [0.1, 0.15) is 0 Å². The van der Waals surface area contributed by atoms with Gasteiger partial charge < -0.3 is 29.4 Å². The summed E-state index contributed by atoms with van der Waals surface area (Å²) in [6, 6.07) is 18.6. The van der Waals surface area contributed by atoms with E-state index in [-0.39, 0.29) is 17.7 Å². The van der Waals surface area contributed by atoms with Crippen molar-refractivity contribution in [2.75, 3.05) is 79.5 Å². The van der Waals surface area contributed by atoms with Crippen LogP contribution in [-0.2, 0) is 22.7 Å². The van der Waals surface area contributed by atoms with Crippen molar-refractivity contribution in [3.8, 4) is 0 Å². The third kappa shape index (κ3) is 6.95. The van der Waals surface area contributed by atoms with Crippen LogP contribution in [0, 0.1) is 5.92 Å². The SMILES string of the molecule is CC(CN1C(N2CCN(Cc3ccccc3)CC2)=NC2C1C(=O)NC(=O)N2C)CN1C(N2CCN(Cc3ccccc3)CC2)=NC2C1C(=O)NC(=O)N2C. The third-order valence-electron chi connectivity index (χ3n) is 11.5. The minimum Gasteiger partial charge on any atom is -0.340 e. The molecule has 4 fully saturated rings. The number of carbonyl (C=O) groups excluding carboxylic acids is 4. The largest absolute Gasteiger partial charge is 0.340 e. The average molecular weight is 739 g/mol. The van der Waals surface area contributed by atoms with Gasteiger partial charge in [-0.1, -0.05) is 67.6 Å². The maximum Gasteiger partial charge on any atom is 0.325 e. The van der Waals surface area contributed by atoms with E-state index in [9.17, 15) is 19.2 Å². The fourth-order valence-corrected chi connectivity index (χ4v) is 8.56. The molecule has 8 rings (SSSR count). The molecule has 6 heterocycles. The molecule has 4 saturated heterocycles. The summed E-state index contributed by atoms with van der Waals surface area (Å²) >= 11 is 0. The number of fused-ring (bicyclic) bond motifs is 2. The number of urea groups is 2. The number of likely N-dealkylation sites (N-methyl/N-ethyl adjacent to an activating group) is 2. The van der Waals surface area contributed by atoms with Crippen molar-refractivity contribution in [1.82, 2.24) is 49.8 Å². The third-order valence-corrected chi connectivity index (χ3v) is 11.5. The second-order valence-electron chi connectivity index (χ2n) is 15.3. The molecule has 54 heavy (non-hydrogen) atoms. The van der Waals surface area contributed by atoms with E-state index in [2.05, 4.69) is 95.5 Å². The topological polar surface area (TPSA) is 143 Å². The minimum absolute atomic E-state index is 0.0666. The zero-order valence-corrected chi connectivity index (χ0v) is 31.3. The summed E-state index contributed by atoms with van der Waals surface area (Å²) in [5.41, 5.74) is 2.54. The average Bonchev–Trinajstić information content (AvgIpc) is 3.74. The van der Waals surface area contributed by atoms with E-state index in [0.717, 1.165) is 77.4 Å². The normalized spacial score (nSPS) is 27.1. The van der Waals surface area contributed by atoms with Crippen LogP contribution in [0.15, 0.2) is 70.6 Å². The number of guanidine groups is 2. The van der Waals surface area contributed by atoms with Crippen LogP contribution in [-0.4, -0.2) is 179 Å². The van der Waals surface area contributed by atoms with Crippen molar-refractivity contribution in [3.63, 3.8) is 0 Å². The molecule has 0 spiro atoms. The molecule has 0 saturated carbocycles. The summed E-state index contributed by atoms with van der Waals surface area (Å²) in [7, 11) is 3.36. The fourth-order valence-electron chi connectivity index (χ4n) is 8.56. The van der Waals surface area contributed by atoms with Crippen LogP contribution in [0.25, 0.3) is 0 Å². The highest BCUT2D eigenvalue weighted by molar-refractivity contribution is 6.04. The highest BCUT2D eigenvalue weighted by Gasteiger charge is 2.52. The number of hydrogen-bond donors (Lipinski definition) is 2.